The highest BCUT2D eigenvalue weighted by Crippen LogP contribution is 2.56. The van der Waals surface area contributed by atoms with Crippen LogP contribution in [0.4, 0.5) is 0 Å². The Morgan fingerprint density at radius 2 is 1.64 bits per heavy atom. The molecule has 4 unspecified atom stereocenters. The summed E-state index contributed by atoms with van der Waals surface area (Å²) in [6.07, 6.45) is -9.09. The van der Waals surface area contributed by atoms with Crippen LogP contribution < -0.4 is 0 Å². The molecule has 1 aromatic rings. The largest absolute Gasteiger partial charge is 0.479 e. The molecule has 1 aromatic carbocycles. The summed E-state index contributed by atoms with van der Waals surface area (Å²) in [7, 11) is 0. The minimum absolute atomic E-state index is 0.232. The summed E-state index contributed by atoms with van der Waals surface area (Å²) in [6.45, 7) is 12.0. The Balaban J connectivity index is 2.04. The SMILES string of the molecule is C=C(CCC12OC(C(=O)O)C(O)(C(=O)O)C(C(=O)O)(O1)[C@H](OC(=O)CC(C)(C)C)[C@H]2O)[C@@H](OC(C)=O)[C@H](C)Cc1ccccc1. The molecule has 0 aliphatic carbocycles. The zero-order valence-electron chi connectivity index (χ0n) is 25.7. The van der Waals surface area contributed by atoms with Gasteiger partial charge in [0.05, 0.1) is 6.42 Å². The number of carboxylic acids is 3. The van der Waals surface area contributed by atoms with Gasteiger partial charge in [0, 0.05) is 19.3 Å². The average molecular weight is 637 g/mol. The van der Waals surface area contributed by atoms with Crippen molar-refractivity contribution in [3.8, 4) is 0 Å². The smallest absolute Gasteiger partial charge is 0.344 e. The minimum Gasteiger partial charge on any atom is -0.479 e. The van der Waals surface area contributed by atoms with E-state index in [1.54, 1.807) is 27.7 Å². The van der Waals surface area contributed by atoms with E-state index in [0.29, 0.717) is 6.42 Å². The summed E-state index contributed by atoms with van der Waals surface area (Å²) in [5.41, 5.74) is -6.91. The quantitative estimate of drug-likeness (QED) is 0.154. The predicted molar refractivity (Wildman–Crippen MR) is 152 cm³/mol. The van der Waals surface area contributed by atoms with Gasteiger partial charge in [-0.25, -0.2) is 14.4 Å². The molecule has 2 aliphatic rings. The number of carbonyl (C=O) groups is 5. The second kappa shape index (κ2) is 12.9. The van der Waals surface area contributed by atoms with Crippen molar-refractivity contribution in [1.82, 2.24) is 0 Å². The van der Waals surface area contributed by atoms with E-state index >= 15 is 0 Å². The van der Waals surface area contributed by atoms with E-state index in [9.17, 15) is 49.5 Å². The van der Waals surface area contributed by atoms with Gasteiger partial charge in [-0.2, -0.15) is 0 Å². The first-order valence-electron chi connectivity index (χ1n) is 14.3. The van der Waals surface area contributed by atoms with Crippen LogP contribution in [0.25, 0.3) is 0 Å². The number of ether oxygens (including phenoxy) is 4. The molecule has 2 bridgehead atoms. The second-order valence-corrected chi connectivity index (χ2v) is 12.8. The Morgan fingerprint density at radius 1 is 1.04 bits per heavy atom. The van der Waals surface area contributed by atoms with Gasteiger partial charge in [0.1, 0.15) is 12.2 Å². The van der Waals surface area contributed by atoms with E-state index in [-0.39, 0.29) is 24.3 Å². The van der Waals surface area contributed by atoms with Gasteiger partial charge >= 0.3 is 29.8 Å². The zero-order valence-corrected chi connectivity index (χ0v) is 25.7. The molecule has 8 atom stereocenters. The summed E-state index contributed by atoms with van der Waals surface area (Å²) in [6, 6.07) is 9.28. The van der Waals surface area contributed by atoms with Gasteiger partial charge in [-0.15, -0.1) is 0 Å². The Bertz CT molecular complexity index is 1340. The molecule has 0 aromatic heterocycles. The fourth-order valence-electron chi connectivity index (χ4n) is 5.91. The third-order valence-corrected chi connectivity index (χ3v) is 7.94. The van der Waals surface area contributed by atoms with Crippen molar-refractivity contribution < 1.29 is 68.5 Å². The molecule has 3 rings (SSSR count). The normalized spacial score (nSPS) is 30.5. The molecule has 0 spiro atoms. The van der Waals surface area contributed by atoms with E-state index < -0.39 is 83.1 Å². The number of hydrogen-bond donors (Lipinski definition) is 5. The van der Waals surface area contributed by atoms with Crippen molar-refractivity contribution in [2.75, 3.05) is 0 Å². The first-order valence-corrected chi connectivity index (χ1v) is 14.3. The molecular weight excluding hydrogens is 596 g/mol. The third kappa shape index (κ3) is 6.73. The van der Waals surface area contributed by atoms with Crippen molar-refractivity contribution in [3.63, 3.8) is 0 Å². The number of rotatable bonds is 13. The van der Waals surface area contributed by atoms with Crippen molar-refractivity contribution in [1.29, 1.82) is 0 Å². The Morgan fingerprint density at radius 3 is 2.13 bits per heavy atom. The van der Waals surface area contributed by atoms with E-state index in [0.717, 1.165) is 5.56 Å². The molecule has 2 fully saturated rings. The number of benzene rings is 1. The lowest BCUT2D eigenvalue weighted by atomic mass is 9.74. The van der Waals surface area contributed by atoms with Crippen LogP contribution in [-0.2, 0) is 49.3 Å². The maximum absolute atomic E-state index is 12.9. The van der Waals surface area contributed by atoms with E-state index in [4.69, 9.17) is 18.9 Å². The molecular formula is C31H40O14. The Labute approximate surface area is 259 Å². The van der Waals surface area contributed by atoms with Crippen molar-refractivity contribution in [2.24, 2.45) is 11.3 Å². The Hall–Kier alpha value is -3.85. The molecule has 0 saturated carbocycles. The number of fused-ring (bicyclic) bond motifs is 2. The lowest BCUT2D eigenvalue weighted by Crippen LogP contribution is -2.78. The Kier molecular flexibility index (Phi) is 10.2. The lowest BCUT2D eigenvalue weighted by molar-refractivity contribution is -0.374. The number of carbonyl (C=O) groups excluding carboxylic acids is 2. The van der Waals surface area contributed by atoms with Crippen LogP contribution in [0.3, 0.4) is 0 Å². The standard InChI is InChI=1S/C31H40O14/c1-16(21(42-18(3)32)17(2)14-19-10-8-7-9-11-19)12-13-29-22(34)23(43-20(33)15-28(4,5)6)31(45-29,27(39)40)30(41,26(37)38)24(44-29)25(35)36/h7-11,17,21-24,34,41H,1,12-15H2,2-6H3,(H,35,36)(H,37,38)(H,39,40)/t17-,21-,22-,23-,24?,29?,30?,31?/m1/s1. The molecule has 0 amide bonds. The van der Waals surface area contributed by atoms with E-state index in [1.165, 1.54) is 6.92 Å². The predicted octanol–water partition coefficient (Wildman–Crippen LogP) is 1.69. The molecule has 14 heteroatoms. The molecule has 14 nitrogen and oxygen atoms in total. The van der Waals surface area contributed by atoms with Crippen molar-refractivity contribution in [3.05, 3.63) is 48.0 Å². The zero-order chi connectivity index (χ0) is 34.1. The van der Waals surface area contributed by atoms with Crippen LogP contribution in [0, 0.1) is 11.3 Å². The molecule has 0 radical (unpaired) electrons. The van der Waals surface area contributed by atoms with Crippen molar-refractivity contribution in [2.45, 2.75) is 102 Å². The monoisotopic (exact) mass is 636 g/mol. The van der Waals surface area contributed by atoms with Gasteiger partial charge < -0.3 is 44.5 Å². The minimum atomic E-state index is -3.88. The summed E-state index contributed by atoms with van der Waals surface area (Å²) >= 11 is 0. The summed E-state index contributed by atoms with van der Waals surface area (Å²) in [5, 5.41) is 53.1. The maximum Gasteiger partial charge on any atom is 0.344 e. The number of aliphatic hydroxyl groups is 2. The highest BCUT2D eigenvalue weighted by Gasteiger charge is 2.85. The first kappa shape index (κ1) is 35.6. The molecule has 248 valence electrons. The average Bonchev–Trinajstić information content (AvgIpc) is 3.13. The number of carboxylic acid groups (broad SMARTS) is 3. The van der Waals surface area contributed by atoms with Crippen LogP contribution in [0.5, 0.6) is 0 Å². The summed E-state index contributed by atoms with van der Waals surface area (Å²) in [4.78, 5) is 62.4. The van der Waals surface area contributed by atoms with Crippen LogP contribution in [0.1, 0.15) is 59.4 Å². The fraction of sp³-hybridized carbons (Fsp3) is 0.581. The maximum atomic E-state index is 12.9. The number of aliphatic carboxylic acids is 3. The molecule has 2 saturated heterocycles. The number of aliphatic hydroxyl groups excluding tert-OH is 1. The third-order valence-electron chi connectivity index (χ3n) is 7.94. The molecule has 2 heterocycles. The van der Waals surface area contributed by atoms with Gasteiger partial charge in [0.25, 0.3) is 0 Å². The van der Waals surface area contributed by atoms with Gasteiger partial charge in [0.15, 0.2) is 6.10 Å². The molecule has 45 heavy (non-hydrogen) atoms. The topological polar surface area (TPSA) is 223 Å². The summed E-state index contributed by atoms with van der Waals surface area (Å²) in [5.74, 6) is -11.3. The number of hydrogen-bond acceptors (Lipinski definition) is 11. The fourth-order valence-corrected chi connectivity index (χ4v) is 5.91. The van der Waals surface area contributed by atoms with Gasteiger partial charge in [-0.3, -0.25) is 9.59 Å². The van der Waals surface area contributed by atoms with Crippen LogP contribution in [0.2, 0.25) is 0 Å². The van der Waals surface area contributed by atoms with E-state index in [2.05, 4.69) is 6.58 Å². The van der Waals surface area contributed by atoms with Gasteiger partial charge in [-0.05, 0) is 29.4 Å². The van der Waals surface area contributed by atoms with Crippen LogP contribution in [0.15, 0.2) is 42.5 Å². The number of esters is 2. The highest BCUT2D eigenvalue weighted by molar-refractivity contribution is 5.98. The summed E-state index contributed by atoms with van der Waals surface area (Å²) < 4.78 is 21.9. The lowest BCUT2D eigenvalue weighted by Gasteiger charge is -2.48. The molecule has 5 N–H and O–H groups in total. The first-order chi connectivity index (χ1) is 20.7. The van der Waals surface area contributed by atoms with Crippen LogP contribution in [-0.4, -0.2) is 96.8 Å². The second-order valence-electron chi connectivity index (χ2n) is 12.8. The molecule has 2 aliphatic heterocycles. The van der Waals surface area contributed by atoms with Gasteiger partial charge in [-0.1, -0.05) is 64.6 Å². The van der Waals surface area contributed by atoms with E-state index in [1.807, 2.05) is 30.3 Å². The van der Waals surface area contributed by atoms with Crippen LogP contribution >= 0.6 is 0 Å². The van der Waals surface area contributed by atoms with Gasteiger partial charge in [0.2, 0.25) is 23.1 Å². The van der Waals surface area contributed by atoms with Crippen molar-refractivity contribution >= 4 is 29.8 Å². The highest BCUT2D eigenvalue weighted by atomic mass is 16.8.